The molecule has 0 aliphatic carbocycles. The molecule has 0 saturated carbocycles. The van der Waals surface area contributed by atoms with E-state index in [1.807, 2.05) is 6.07 Å². The predicted octanol–water partition coefficient (Wildman–Crippen LogP) is 4.76. The molecule has 1 aromatic heterocycles. The molecule has 1 heterocycles. The Morgan fingerprint density at radius 2 is 2.05 bits per heavy atom. The Hall–Kier alpha value is -1.26. The van der Waals surface area contributed by atoms with E-state index < -0.39 is 0 Å². The highest BCUT2D eigenvalue weighted by atomic mass is 79.9. The van der Waals surface area contributed by atoms with Crippen molar-refractivity contribution in [1.82, 2.24) is 5.32 Å². The quantitative estimate of drug-likeness (QED) is 0.814. The third-order valence-electron chi connectivity index (χ3n) is 3.58. The molecule has 0 aliphatic rings. The van der Waals surface area contributed by atoms with E-state index >= 15 is 0 Å². The van der Waals surface area contributed by atoms with Crippen LogP contribution in [0.5, 0.6) is 5.75 Å². The minimum atomic E-state index is -0.00759. The first kappa shape index (κ1) is 16.1. The van der Waals surface area contributed by atoms with Crippen molar-refractivity contribution in [2.45, 2.75) is 33.2 Å². The lowest BCUT2D eigenvalue weighted by molar-refractivity contribution is 0.391. The van der Waals surface area contributed by atoms with Gasteiger partial charge in [-0.3, -0.25) is 0 Å². The van der Waals surface area contributed by atoms with E-state index in [0.29, 0.717) is 0 Å². The Bertz CT molecular complexity index is 607. The van der Waals surface area contributed by atoms with E-state index in [4.69, 9.17) is 9.15 Å². The van der Waals surface area contributed by atoms with Crippen molar-refractivity contribution >= 4 is 15.9 Å². The second-order valence-electron chi connectivity index (χ2n) is 5.20. The molecule has 4 heteroatoms. The van der Waals surface area contributed by atoms with Gasteiger partial charge in [-0.2, -0.15) is 0 Å². The van der Waals surface area contributed by atoms with Crippen LogP contribution in [0.15, 0.2) is 33.4 Å². The van der Waals surface area contributed by atoms with Gasteiger partial charge in [0.1, 0.15) is 11.5 Å². The average molecular weight is 352 g/mol. The molecule has 0 spiro atoms. The molecule has 21 heavy (non-hydrogen) atoms. The molecule has 1 unspecified atom stereocenters. The van der Waals surface area contributed by atoms with Crippen LogP contribution >= 0.6 is 15.9 Å². The van der Waals surface area contributed by atoms with Crippen LogP contribution in [-0.2, 0) is 0 Å². The van der Waals surface area contributed by atoms with Crippen molar-refractivity contribution in [2.24, 2.45) is 0 Å². The molecule has 1 N–H and O–H groups in total. The summed E-state index contributed by atoms with van der Waals surface area (Å²) in [4.78, 5) is 0. The third kappa shape index (κ3) is 3.50. The lowest BCUT2D eigenvalue weighted by Crippen LogP contribution is -2.24. The van der Waals surface area contributed by atoms with Gasteiger partial charge in [0.25, 0.3) is 0 Å². The molecule has 114 valence electrons. The van der Waals surface area contributed by atoms with Gasteiger partial charge in [0.05, 0.1) is 19.4 Å². The van der Waals surface area contributed by atoms with Crippen molar-refractivity contribution in [1.29, 1.82) is 0 Å². The zero-order valence-corrected chi connectivity index (χ0v) is 14.6. The van der Waals surface area contributed by atoms with E-state index in [2.05, 4.69) is 54.2 Å². The number of hydrogen-bond acceptors (Lipinski definition) is 3. The Balaban J connectivity index is 2.51. The number of aryl methyl sites for hydroxylation is 2. The second kappa shape index (κ2) is 7.14. The number of ether oxygens (including phenoxy) is 1. The van der Waals surface area contributed by atoms with Gasteiger partial charge in [0.15, 0.2) is 0 Å². The topological polar surface area (TPSA) is 34.4 Å². The fourth-order valence-corrected chi connectivity index (χ4v) is 2.75. The Kier molecular flexibility index (Phi) is 5.48. The number of methoxy groups -OCH3 is 1. The molecule has 2 rings (SSSR count). The molecule has 1 aromatic carbocycles. The standard InChI is InChI=1S/C17H22BrNO2/c1-5-7-19-16(17-11(2)6-8-21-17)13-10-14(18)12(3)9-15(13)20-4/h6,8-10,16,19H,5,7H2,1-4H3. The molecule has 0 aliphatic heterocycles. The van der Waals surface area contributed by atoms with Gasteiger partial charge < -0.3 is 14.5 Å². The number of rotatable bonds is 6. The zero-order chi connectivity index (χ0) is 15.4. The predicted molar refractivity (Wildman–Crippen MR) is 89.0 cm³/mol. The number of furan rings is 1. The zero-order valence-electron chi connectivity index (χ0n) is 13.0. The van der Waals surface area contributed by atoms with Crippen LogP contribution in [-0.4, -0.2) is 13.7 Å². The summed E-state index contributed by atoms with van der Waals surface area (Å²) in [5.74, 6) is 1.82. The first-order valence-corrected chi connectivity index (χ1v) is 7.99. The van der Waals surface area contributed by atoms with Gasteiger partial charge in [-0.25, -0.2) is 0 Å². The molecule has 3 nitrogen and oxygen atoms in total. The van der Waals surface area contributed by atoms with Crippen LogP contribution in [0.25, 0.3) is 0 Å². The van der Waals surface area contributed by atoms with Crippen molar-refractivity contribution in [3.8, 4) is 5.75 Å². The first-order chi connectivity index (χ1) is 10.1. The number of nitrogens with one attached hydrogen (secondary N) is 1. The molecule has 0 fully saturated rings. The van der Waals surface area contributed by atoms with E-state index in [-0.39, 0.29) is 6.04 Å². The van der Waals surface area contributed by atoms with E-state index in [9.17, 15) is 0 Å². The number of halogens is 1. The maximum atomic E-state index is 5.71. The highest BCUT2D eigenvalue weighted by Gasteiger charge is 2.23. The van der Waals surface area contributed by atoms with Crippen LogP contribution in [0, 0.1) is 13.8 Å². The normalized spacial score (nSPS) is 12.4. The van der Waals surface area contributed by atoms with Crippen LogP contribution in [0.3, 0.4) is 0 Å². The Morgan fingerprint density at radius 3 is 2.62 bits per heavy atom. The molecule has 0 amide bonds. The van der Waals surface area contributed by atoms with Gasteiger partial charge in [0.2, 0.25) is 0 Å². The lowest BCUT2D eigenvalue weighted by atomic mass is 9.99. The molecule has 0 saturated heterocycles. The van der Waals surface area contributed by atoms with Gasteiger partial charge in [0, 0.05) is 10.0 Å². The summed E-state index contributed by atoms with van der Waals surface area (Å²) in [6.07, 6.45) is 2.80. The summed E-state index contributed by atoms with van der Waals surface area (Å²) < 4.78 is 12.4. The maximum absolute atomic E-state index is 5.71. The third-order valence-corrected chi connectivity index (χ3v) is 4.44. The minimum absolute atomic E-state index is 0.00759. The molecular formula is C17H22BrNO2. The summed E-state index contributed by atoms with van der Waals surface area (Å²) in [6.45, 7) is 7.19. The fourth-order valence-electron chi connectivity index (χ4n) is 2.39. The summed E-state index contributed by atoms with van der Waals surface area (Å²) in [5, 5.41) is 3.56. The van der Waals surface area contributed by atoms with E-state index in [1.165, 1.54) is 0 Å². The van der Waals surface area contributed by atoms with Crippen LogP contribution in [0.2, 0.25) is 0 Å². The van der Waals surface area contributed by atoms with Gasteiger partial charge in [-0.05, 0) is 56.1 Å². The van der Waals surface area contributed by atoms with E-state index in [0.717, 1.165) is 45.6 Å². The fraction of sp³-hybridized carbons (Fsp3) is 0.412. The van der Waals surface area contributed by atoms with Crippen molar-refractivity contribution in [3.05, 3.63) is 51.4 Å². The Morgan fingerprint density at radius 1 is 1.29 bits per heavy atom. The van der Waals surface area contributed by atoms with Crippen LogP contribution < -0.4 is 10.1 Å². The van der Waals surface area contributed by atoms with Gasteiger partial charge in [-0.15, -0.1) is 0 Å². The average Bonchev–Trinajstić information content (AvgIpc) is 2.89. The summed E-state index contributed by atoms with van der Waals surface area (Å²) in [6, 6.07) is 6.15. The summed E-state index contributed by atoms with van der Waals surface area (Å²) in [5.41, 5.74) is 3.38. The van der Waals surface area contributed by atoms with Crippen molar-refractivity contribution < 1.29 is 9.15 Å². The number of hydrogen-bond donors (Lipinski definition) is 1. The highest BCUT2D eigenvalue weighted by molar-refractivity contribution is 9.10. The highest BCUT2D eigenvalue weighted by Crippen LogP contribution is 2.35. The van der Waals surface area contributed by atoms with Crippen molar-refractivity contribution in [3.63, 3.8) is 0 Å². The molecule has 0 radical (unpaired) electrons. The smallest absolute Gasteiger partial charge is 0.128 e. The summed E-state index contributed by atoms with van der Waals surface area (Å²) >= 11 is 3.61. The monoisotopic (exact) mass is 351 g/mol. The van der Waals surface area contributed by atoms with Crippen LogP contribution in [0.4, 0.5) is 0 Å². The first-order valence-electron chi connectivity index (χ1n) is 7.19. The molecule has 1 atom stereocenters. The van der Waals surface area contributed by atoms with Crippen molar-refractivity contribution in [2.75, 3.05) is 13.7 Å². The minimum Gasteiger partial charge on any atom is -0.496 e. The summed E-state index contributed by atoms with van der Waals surface area (Å²) in [7, 11) is 1.71. The van der Waals surface area contributed by atoms with Gasteiger partial charge in [-0.1, -0.05) is 22.9 Å². The van der Waals surface area contributed by atoms with Gasteiger partial charge >= 0.3 is 0 Å². The number of benzene rings is 1. The van der Waals surface area contributed by atoms with E-state index in [1.54, 1.807) is 13.4 Å². The largest absolute Gasteiger partial charge is 0.496 e. The maximum Gasteiger partial charge on any atom is 0.128 e. The Labute approximate surface area is 134 Å². The molecule has 2 aromatic rings. The molecule has 0 bridgehead atoms. The molecular weight excluding hydrogens is 330 g/mol. The second-order valence-corrected chi connectivity index (χ2v) is 6.05. The SMILES string of the molecule is CCCNC(c1cc(Br)c(C)cc1OC)c1occc1C. The lowest BCUT2D eigenvalue weighted by Gasteiger charge is -2.21. The van der Waals surface area contributed by atoms with Crippen LogP contribution in [0.1, 0.15) is 41.8 Å².